The van der Waals surface area contributed by atoms with Crippen molar-refractivity contribution < 1.29 is 9.84 Å². The quantitative estimate of drug-likeness (QED) is 0.463. The topological polar surface area (TPSA) is 95.4 Å². The van der Waals surface area contributed by atoms with E-state index in [-0.39, 0.29) is 6.61 Å². The Morgan fingerprint density at radius 3 is 2.79 bits per heavy atom. The van der Waals surface area contributed by atoms with Crippen molar-refractivity contribution in [1.82, 2.24) is 19.9 Å². The highest BCUT2D eigenvalue weighted by Gasteiger charge is 2.26. The number of benzene rings is 1. The van der Waals surface area contributed by atoms with E-state index in [1.54, 1.807) is 11.3 Å². The van der Waals surface area contributed by atoms with Crippen LogP contribution in [0, 0.1) is 12.8 Å². The van der Waals surface area contributed by atoms with Crippen LogP contribution in [0.15, 0.2) is 24.3 Å². The number of thiazole rings is 1. The van der Waals surface area contributed by atoms with E-state index < -0.39 is 0 Å². The molecule has 0 bridgehead atoms. The molecular formula is C24H32N6O2S. The Balaban J connectivity index is 1.40. The molecule has 2 atom stereocenters. The summed E-state index contributed by atoms with van der Waals surface area (Å²) in [6, 6.07) is 8.50. The third kappa shape index (κ3) is 5.27. The molecule has 2 fully saturated rings. The van der Waals surface area contributed by atoms with Crippen LogP contribution >= 0.6 is 11.3 Å². The number of hydrogen-bond donors (Lipinski definition) is 3. The number of para-hydroxylation sites is 1. The summed E-state index contributed by atoms with van der Waals surface area (Å²) in [4.78, 5) is 17.0. The number of hydrogen-bond acceptors (Lipinski definition) is 9. The first-order valence-electron chi connectivity index (χ1n) is 11.9. The lowest BCUT2D eigenvalue weighted by Crippen LogP contribution is -2.39. The van der Waals surface area contributed by atoms with Crippen molar-refractivity contribution in [3.63, 3.8) is 0 Å². The number of morpholine rings is 1. The zero-order chi connectivity index (χ0) is 22.6. The average molecular weight is 469 g/mol. The molecule has 33 heavy (non-hydrogen) atoms. The van der Waals surface area contributed by atoms with Gasteiger partial charge in [0.25, 0.3) is 0 Å². The van der Waals surface area contributed by atoms with Crippen molar-refractivity contribution in [2.24, 2.45) is 5.92 Å². The second kappa shape index (κ2) is 10.3. The Morgan fingerprint density at radius 2 is 2.00 bits per heavy atom. The first-order valence-corrected chi connectivity index (χ1v) is 12.7. The number of rotatable bonds is 8. The summed E-state index contributed by atoms with van der Waals surface area (Å²) in [6.07, 6.45) is 3.03. The fourth-order valence-corrected chi connectivity index (χ4v) is 5.77. The maximum atomic E-state index is 9.57. The predicted octanol–water partition coefficient (Wildman–Crippen LogP) is 3.38. The fraction of sp³-hybridized carbons (Fsp3) is 0.542. The molecule has 0 radical (unpaired) electrons. The van der Waals surface area contributed by atoms with Crippen LogP contribution in [-0.4, -0.2) is 77.0 Å². The van der Waals surface area contributed by atoms with Crippen molar-refractivity contribution in [3.8, 4) is 10.6 Å². The van der Waals surface area contributed by atoms with Gasteiger partial charge in [0, 0.05) is 38.8 Å². The third-order valence-electron chi connectivity index (χ3n) is 6.55. The van der Waals surface area contributed by atoms with Crippen LogP contribution in [0.3, 0.4) is 0 Å². The van der Waals surface area contributed by atoms with Gasteiger partial charge in [-0.1, -0.05) is 12.1 Å². The van der Waals surface area contributed by atoms with Crippen LogP contribution in [0.25, 0.3) is 20.8 Å². The molecule has 9 heteroatoms. The van der Waals surface area contributed by atoms with Gasteiger partial charge < -0.3 is 20.5 Å². The Bertz CT molecular complexity index is 1050. The van der Waals surface area contributed by atoms with E-state index in [0.717, 1.165) is 91.0 Å². The highest BCUT2D eigenvalue weighted by Crippen LogP contribution is 2.37. The molecule has 0 spiro atoms. The highest BCUT2D eigenvalue weighted by atomic mass is 32.1. The molecule has 1 aromatic carbocycles. The van der Waals surface area contributed by atoms with Crippen molar-refractivity contribution in [2.75, 3.05) is 56.6 Å². The second-order valence-electron chi connectivity index (χ2n) is 8.93. The molecule has 2 unspecified atom stereocenters. The second-order valence-corrected chi connectivity index (χ2v) is 9.96. The van der Waals surface area contributed by atoms with E-state index in [4.69, 9.17) is 19.7 Å². The van der Waals surface area contributed by atoms with E-state index in [1.807, 2.05) is 25.1 Å². The largest absolute Gasteiger partial charge is 0.396 e. The Kier molecular flexibility index (Phi) is 7.01. The van der Waals surface area contributed by atoms with E-state index >= 15 is 0 Å². The molecule has 8 nitrogen and oxygen atoms in total. The Morgan fingerprint density at radius 1 is 1.15 bits per heavy atom. The molecule has 5 rings (SSSR count). The lowest BCUT2D eigenvalue weighted by Gasteiger charge is -2.26. The molecule has 0 amide bonds. The number of aryl methyl sites for hydroxylation is 1. The number of fused-ring (bicyclic) bond motifs is 1. The summed E-state index contributed by atoms with van der Waals surface area (Å²) < 4.78 is 6.60. The summed E-state index contributed by atoms with van der Waals surface area (Å²) in [5.41, 5.74) is 2.89. The maximum Gasteiger partial charge on any atom is 0.224 e. The van der Waals surface area contributed by atoms with Gasteiger partial charge in [-0.2, -0.15) is 4.98 Å². The van der Waals surface area contributed by atoms with Crippen molar-refractivity contribution in [1.29, 1.82) is 0 Å². The van der Waals surface area contributed by atoms with Gasteiger partial charge in [0.2, 0.25) is 5.95 Å². The summed E-state index contributed by atoms with van der Waals surface area (Å²) >= 11 is 1.67. The molecule has 1 aliphatic carbocycles. The minimum absolute atomic E-state index is 0.250. The van der Waals surface area contributed by atoms with Gasteiger partial charge in [-0.3, -0.25) is 4.90 Å². The van der Waals surface area contributed by atoms with Crippen LogP contribution in [0.4, 0.5) is 11.8 Å². The van der Waals surface area contributed by atoms with Gasteiger partial charge in [0.15, 0.2) is 0 Å². The molecule has 1 aliphatic heterocycles. The number of anilines is 2. The number of ether oxygens (including phenoxy) is 1. The van der Waals surface area contributed by atoms with E-state index in [9.17, 15) is 5.11 Å². The standard InChI is InChI=1S/C24H32N6O2S/c1-16-21(23-28-19-4-2-3-5-20(19)33-23)22(27-18-7-6-17(14-18)15-31)29-24(26-16)25-8-9-30-10-12-32-13-11-30/h2-5,17-18,31H,6-15H2,1H3,(H2,25,26,27,29). The molecule has 3 heterocycles. The molecular weight excluding hydrogens is 436 g/mol. The zero-order valence-electron chi connectivity index (χ0n) is 19.1. The molecule has 3 aromatic rings. The number of nitrogens with one attached hydrogen (secondary N) is 2. The molecule has 1 saturated carbocycles. The van der Waals surface area contributed by atoms with Crippen molar-refractivity contribution >= 4 is 33.3 Å². The van der Waals surface area contributed by atoms with Gasteiger partial charge >= 0.3 is 0 Å². The van der Waals surface area contributed by atoms with Crippen molar-refractivity contribution in [2.45, 2.75) is 32.2 Å². The van der Waals surface area contributed by atoms with E-state index in [0.29, 0.717) is 17.9 Å². The lowest BCUT2D eigenvalue weighted by molar-refractivity contribution is 0.0398. The van der Waals surface area contributed by atoms with Crippen LogP contribution in [0.1, 0.15) is 25.0 Å². The predicted molar refractivity (Wildman–Crippen MR) is 133 cm³/mol. The first-order chi connectivity index (χ1) is 16.2. The van der Waals surface area contributed by atoms with Gasteiger partial charge in [0.1, 0.15) is 10.8 Å². The zero-order valence-corrected chi connectivity index (χ0v) is 19.9. The fourth-order valence-electron chi connectivity index (χ4n) is 4.71. The minimum Gasteiger partial charge on any atom is -0.396 e. The van der Waals surface area contributed by atoms with Crippen LogP contribution in [0.2, 0.25) is 0 Å². The SMILES string of the molecule is Cc1nc(NCCN2CCOCC2)nc(NC2CCC(CO)C2)c1-c1nc2ccccc2s1. The van der Waals surface area contributed by atoms with E-state index in [2.05, 4.69) is 21.6 Å². The maximum absolute atomic E-state index is 9.57. The highest BCUT2D eigenvalue weighted by molar-refractivity contribution is 7.21. The third-order valence-corrected chi connectivity index (χ3v) is 7.61. The summed E-state index contributed by atoms with van der Waals surface area (Å²) in [5.74, 6) is 1.84. The minimum atomic E-state index is 0.250. The van der Waals surface area contributed by atoms with Gasteiger partial charge in [-0.15, -0.1) is 11.3 Å². The summed E-state index contributed by atoms with van der Waals surface area (Å²) in [7, 11) is 0. The monoisotopic (exact) mass is 468 g/mol. The van der Waals surface area contributed by atoms with Crippen molar-refractivity contribution in [3.05, 3.63) is 30.0 Å². The van der Waals surface area contributed by atoms with Gasteiger partial charge in [-0.25, -0.2) is 9.97 Å². The number of aromatic nitrogens is 3. The molecule has 1 saturated heterocycles. The Hall–Kier alpha value is -2.33. The van der Waals surface area contributed by atoms with Crippen LogP contribution < -0.4 is 10.6 Å². The number of aliphatic hydroxyl groups excluding tert-OH is 1. The van der Waals surface area contributed by atoms with E-state index in [1.165, 1.54) is 0 Å². The summed E-state index contributed by atoms with van der Waals surface area (Å²) in [5, 5.41) is 17.6. The smallest absolute Gasteiger partial charge is 0.224 e. The normalized spacial score (nSPS) is 21.5. The van der Waals surface area contributed by atoms with Gasteiger partial charge in [-0.05, 0) is 44.2 Å². The molecule has 2 aromatic heterocycles. The molecule has 3 N–H and O–H groups in total. The van der Waals surface area contributed by atoms with Crippen LogP contribution in [0.5, 0.6) is 0 Å². The average Bonchev–Trinajstić information content (AvgIpc) is 3.46. The van der Waals surface area contributed by atoms with Gasteiger partial charge in [0.05, 0.1) is 34.7 Å². The van der Waals surface area contributed by atoms with Crippen LogP contribution in [-0.2, 0) is 4.74 Å². The molecule has 2 aliphatic rings. The number of aliphatic hydroxyl groups is 1. The molecule has 176 valence electrons. The Labute approximate surface area is 198 Å². The summed E-state index contributed by atoms with van der Waals surface area (Å²) in [6.45, 7) is 7.56. The lowest BCUT2D eigenvalue weighted by atomic mass is 10.1. The number of nitrogens with zero attached hydrogens (tertiary/aromatic N) is 4. The first kappa shape index (κ1) is 22.5.